The lowest BCUT2D eigenvalue weighted by atomic mass is 9.80. The second-order valence-electron chi connectivity index (χ2n) is 14.4. The summed E-state index contributed by atoms with van der Waals surface area (Å²) in [6.07, 6.45) is 14.3. The van der Waals surface area contributed by atoms with E-state index in [0.29, 0.717) is 25.8 Å². The summed E-state index contributed by atoms with van der Waals surface area (Å²) in [5.41, 5.74) is -0.651. The van der Waals surface area contributed by atoms with Gasteiger partial charge in [0.2, 0.25) is 23.5 Å². The predicted molar refractivity (Wildman–Crippen MR) is 178 cm³/mol. The second kappa shape index (κ2) is 16.8. The Hall–Kier alpha value is -4.16. The van der Waals surface area contributed by atoms with Gasteiger partial charge in [-0.3, -0.25) is 33.8 Å². The van der Waals surface area contributed by atoms with Crippen LogP contribution in [0, 0.1) is 17.3 Å². The third kappa shape index (κ3) is 9.47. The molecule has 2 saturated carbocycles. The summed E-state index contributed by atoms with van der Waals surface area (Å²) >= 11 is 0. The largest absolute Gasteiger partial charge is 0.346 e. The van der Waals surface area contributed by atoms with Crippen molar-refractivity contribution in [3.8, 4) is 0 Å². The van der Waals surface area contributed by atoms with Crippen LogP contribution in [0.25, 0.3) is 0 Å². The zero-order valence-electron chi connectivity index (χ0n) is 28.5. The SMILES string of the molecule is C=CCNC(=O)C(=O)C(CC1CCC1)NC(=O)[C@@H]1CCCN1C(=O)[C@@H](NC(=O)[C@@H](NC(=O)c1cnccn1)C1CCCCC1)C(C)(C)C. The quantitative estimate of drug-likeness (QED) is 0.173. The maximum atomic E-state index is 14.2. The highest BCUT2D eigenvalue weighted by atomic mass is 16.2. The number of Topliss-reactive ketones (excluding diaryl/α,β-unsaturated/α-hetero) is 1. The summed E-state index contributed by atoms with van der Waals surface area (Å²) in [6.45, 7) is 9.50. The molecule has 1 unspecified atom stereocenters. The van der Waals surface area contributed by atoms with Crippen LogP contribution in [0.5, 0.6) is 0 Å². The molecule has 1 aliphatic heterocycles. The number of carbonyl (C=O) groups is 6. The molecule has 13 heteroatoms. The van der Waals surface area contributed by atoms with Crippen molar-refractivity contribution in [2.75, 3.05) is 13.1 Å². The fraction of sp³-hybridized carbons (Fsp3) is 0.657. The van der Waals surface area contributed by atoms with Crippen molar-refractivity contribution in [1.82, 2.24) is 36.1 Å². The second-order valence-corrected chi connectivity index (χ2v) is 14.4. The van der Waals surface area contributed by atoms with E-state index in [4.69, 9.17) is 0 Å². The number of ketones is 1. The van der Waals surface area contributed by atoms with Crippen LogP contribution in [0.15, 0.2) is 31.2 Å². The summed E-state index contributed by atoms with van der Waals surface area (Å²) in [4.78, 5) is 90.2. The highest BCUT2D eigenvalue weighted by Gasteiger charge is 2.44. The Labute approximate surface area is 282 Å². The smallest absolute Gasteiger partial charge is 0.289 e. The standard InChI is InChI=1S/C35H51N7O6/c1-5-16-38-33(47)28(43)24(20-22-11-9-12-22)39-31(45)26-15-10-19-42(26)34(48)29(35(2,3)4)41-32(46)27(23-13-7-6-8-14-23)40-30(44)25-21-36-17-18-37-25/h5,17-18,21-24,26-27,29H,1,6-16,19-20H2,2-4H3,(H,38,47)(H,39,45)(H,40,44)(H,41,46)/t24?,26-,27-,29+/m0/s1. The van der Waals surface area contributed by atoms with E-state index < -0.39 is 64.9 Å². The molecule has 3 fully saturated rings. The highest BCUT2D eigenvalue weighted by molar-refractivity contribution is 6.38. The van der Waals surface area contributed by atoms with Gasteiger partial charge in [-0.15, -0.1) is 6.58 Å². The molecule has 2 heterocycles. The molecule has 4 rings (SSSR count). The lowest BCUT2D eigenvalue weighted by Crippen LogP contribution is -2.62. The minimum absolute atomic E-state index is 0.0905. The fourth-order valence-electron chi connectivity index (χ4n) is 6.82. The molecule has 0 bridgehead atoms. The van der Waals surface area contributed by atoms with Gasteiger partial charge < -0.3 is 26.2 Å². The number of nitrogens with one attached hydrogen (secondary N) is 4. The van der Waals surface area contributed by atoms with Crippen LogP contribution in [0.4, 0.5) is 0 Å². The molecule has 5 amide bonds. The molecular formula is C35H51N7O6. The molecule has 0 aromatic carbocycles. The highest BCUT2D eigenvalue weighted by Crippen LogP contribution is 2.32. The van der Waals surface area contributed by atoms with Crippen molar-refractivity contribution in [2.45, 2.75) is 116 Å². The van der Waals surface area contributed by atoms with Gasteiger partial charge in [0, 0.05) is 25.5 Å². The van der Waals surface area contributed by atoms with E-state index in [9.17, 15) is 28.8 Å². The average molecular weight is 666 g/mol. The average Bonchev–Trinajstić information content (AvgIpc) is 3.56. The molecule has 48 heavy (non-hydrogen) atoms. The van der Waals surface area contributed by atoms with Crippen molar-refractivity contribution in [2.24, 2.45) is 17.3 Å². The van der Waals surface area contributed by atoms with Gasteiger partial charge in [0.05, 0.1) is 12.2 Å². The summed E-state index contributed by atoms with van der Waals surface area (Å²) in [6, 6.07) is -3.76. The van der Waals surface area contributed by atoms with Crippen LogP contribution in [-0.2, 0) is 24.0 Å². The van der Waals surface area contributed by atoms with E-state index in [0.717, 1.165) is 51.4 Å². The Morgan fingerprint density at radius 1 is 0.938 bits per heavy atom. The van der Waals surface area contributed by atoms with Crippen LogP contribution in [-0.4, -0.2) is 87.4 Å². The fourth-order valence-corrected chi connectivity index (χ4v) is 6.82. The zero-order valence-corrected chi connectivity index (χ0v) is 28.5. The number of likely N-dealkylation sites (tertiary alicyclic amines) is 1. The molecule has 4 atom stereocenters. The topological polar surface area (TPSA) is 180 Å². The normalized spacial score (nSPS) is 20.4. The number of rotatable bonds is 14. The Morgan fingerprint density at radius 2 is 1.67 bits per heavy atom. The van der Waals surface area contributed by atoms with Gasteiger partial charge in [-0.25, -0.2) is 4.98 Å². The van der Waals surface area contributed by atoms with Crippen molar-refractivity contribution in [3.05, 3.63) is 36.9 Å². The number of carbonyl (C=O) groups excluding carboxylic acids is 6. The van der Waals surface area contributed by atoms with Crippen molar-refractivity contribution < 1.29 is 28.8 Å². The van der Waals surface area contributed by atoms with E-state index in [-0.39, 0.29) is 24.1 Å². The van der Waals surface area contributed by atoms with Gasteiger partial charge in [-0.05, 0) is 49.4 Å². The molecule has 0 radical (unpaired) electrons. The van der Waals surface area contributed by atoms with Gasteiger partial charge >= 0.3 is 0 Å². The number of nitrogens with zero attached hydrogens (tertiary/aromatic N) is 3. The summed E-state index contributed by atoms with van der Waals surface area (Å²) in [5, 5.41) is 11.1. The molecule has 4 N–H and O–H groups in total. The maximum Gasteiger partial charge on any atom is 0.289 e. The molecule has 262 valence electrons. The van der Waals surface area contributed by atoms with Crippen molar-refractivity contribution in [3.63, 3.8) is 0 Å². The van der Waals surface area contributed by atoms with Crippen LogP contribution >= 0.6 is 0 Å². The summed E-state index contributed by atoms with van der Waals surface area (Å²) in [5.74, 6) is -3.28. The first-order valence-electron chi connectivity index (χ1n) is 17.3. The van der Waals surface area contributed by atoms with Crippen LogP contribution in [0.1, 0.15) is 102 Å². The summed E-state index contributed by atoms with van der Waals surface area (Å²) in [7, 11) is 0. The first-order valence-corrected chi connectivity index (χ1v) is 17.3. The van der Waals surface area contributed by atoms with E-state index in [1.165, 1.54) is 29.6 Å². The number of hydrogen-bond acceptors (Lipinski definition) is 8. The number of hydrogen-bond donors (Lipinski definition) is 4. The Balaban J connectivity index is 1.50. The maximum absolute atomic E-state index is 14.2. The third-order valence-electron chi connectivity index (χ3n) is 9.78. The van der Waals surface area contributed by atoms with E-state index >= 15 is 0 Å². The molecule has 1 aromatic rings. The minimum atomic E-state index is -1.00. The van der Waals surface area contributed by atoms with Gasteiger partial charge in [-0.2, -0.15) is 0 Å². The molecular weight excluding hydrogens is 614 g/mol. The predicted octanol–water partition coefficient (Wildman–Crippen LogP) is 2.22. The zero-order chi connectivity index (χ0) is 34.8. The molecule has 3 aliphatic rings. The molecule has 1 saturated heterocycles. The molecule has 2 aliphatic carbocycles. The number of aromatic nitrogens is 2. The van der Waals surface area contributed by atoms with E-state index in [2.05, 4.69) is 37.8 Å². The van der Waals surface area contributed by atoms with Gasteiger partial charge in [-0.1, -0.05) is 65.4 Å². The Morgan fingerprint density at radius 3 is 2.27 bits per heavy atom. The van der Waals surface area contributed by atoms with Crippen molar-refractivity contribution in [1.29, 1.82) is 0 Å². The molecule has 1 aromatic heterocycles. The molecule has 0 spiro atoms. The first kappa shape index (κ1) is 36.7. The lowest BCUT2D eigenvalue weighted by molar-refractivity contribution is -0.145. The minimum Gasteiger partial charge on any atom is -0.346 e. The van der Waals surface area contributed by atoms with E-state index in [1.54, 1.807) is 0 Å². The van der Waals surface area contributed by atoms with Crippen LogP contribution in [0.2, 0.25) is 0 Å². The van der Waals surface area contributed by atoms with Gasteiger partial charge in [0.1, 0.15) is 23.8 Å². The monoisotopic (exact) mass is 665 g/mol. The first-order chi connectivity index (χ1) is 22.9. The van der Waals surface area contributed by atoms with Gasteiger partial charge in [0.25, 0.3) is 11.8 Å². The summed E-state index contributed by atoms with van der Waals surface area (Å²) < 4.78 is 0. The Kier molecular flexibility index (Phi) is 12.8. The molecule has 13 nitrogen and oxygen atoms in total. The van der Waals surface area contributed by atoms with Crippen molar-refractivity contribution >= 4 is 35.3 Å². The van der Waals surface area contributed by atoms with Crippen LogP contribution in [0.3, 0.4) is 0 Å². The van der Waals surface area contributed by atoms with E-state index in [1.807, 2.05) is 20.8 Å². The number of amides is 5. The van der Waals surface area contributed by atoms with Gasteiger partial charge in [0.15, 0.2) is 0 Å². The Bertz CT molecular complexity index is 1340. The lowest BCUT2D eigenvalue weighted by Gasteiger charge is -2.37. The van der Waals surface area contributed by atoms with Crippen LogP contribution < -0.4 is 21.3 Å². The third-order valence-corrected chi connectivity index (χ3v) is 9.78.